The van der Waals surface area contributed by atoms with Crippen molar-refractivity contribution in [1.82, 2.24) is 0 Å². The van der Waals surface area contributed by atoms with Gasteiger partial charge in [0.15, 0.2) is 0 Å². The van der Waals surface area contributed by atoms with Gasteiger partial charge in [-0.05, 0) is 18.8 Å². The summed E-state index contributed by atoms with van der Waals surface area (Å²) in [6.07, 6.45) is 4.11. The minimum Gasteiger partial charge on any atom is -0.370 e. The number of hydrogen-bond acceptors (Lipinski definition) is 2. The van der Waals surface area contributed by atoms with E-state index in [9.17, 15) is 9.59 Å². The van der Waals surface area contributed by atoms with Gasteiger partial charge in [0.2, 0.25) is 11.8 Å². The quantitative estimate of drug-likeness (QED) is 0.654. The first-order chi connectivity index (χ1) is 6.11. The minimum absolute atomic E-state index is 0.0868. The van der Waals surface area contributed by atoms with Crippen molar-refractivity contribution in [2.45, 2.75) is 32.1 Å². The van der Waals surface area contributed by atoms with E-state index < -0.39 is 0 Å². The maximum atomic E-state index is 11.0. The van der Waals surface area contributed by atoms with Gasteiger partial charge in [-0.3, -0.25) is 9.59 Å². The third kappa shape index (κ3) is 2.72. The number of nitrogens with two attached hydrogens (primary N) is 2. The van der Waals surface area contributed by atoms with E-state index in [4.69, 9.17) is 11.5 Å². The highest BCUT2D eigenvalue weighted by molar-refractivity contribution is 5.79. The van der Waals surface area contributed by atoms with E-state index >= 15 is 0 Å². The van der Waals surface area contributed by atoms with Gasteiger partial charge in [0.05, 0.1) is 0 Å². The maximum Gasteiger partial charge on any atom is 0.220 e. The maximum absolute atomic E-state index is 11.0. The Balaban J connectivity index is 2.56. The van der Waals surface area contributed by atoms with Crippen LogP contribution in [-0.4, -0.2) is 11.8 Å². The van der Waals surface area contributed by atoms with E-state index in [0.29, 0.717) is 6.42 Å². The number of amides is 2. The summed E-state index contributed by atoms with van der Waals surface area (Å²) in [6.45, 7) is 0. The van der Waals surface area contributed by atoms with Crippen LogP contribution < -0.4 is 11.5 Å². The Bertz CT molecular complexity index is 216. The van der Waals surface area contributed by atoms with Crippen molar-refractivity contribution in [2.75, 3.05) is 0 Å². The topological polar surface area (TPSA) is 86.2 Å². The van der Waals surface area contributed by atoms with Crippen molar-refractivity contribution < 1.29 is 9.59 Å². The number of primary amides is 2. The number of hydrogen-bond donors (Lipinski definition) is 2. The Morgan fingerprint density at radius 1 is 1.15 bits per heavy atom. The summed E-state index contributed by atoms with van der Waals surface area (Å²) in [7, 11) is 0. The van der Waals surface area contributed by atoms with Crippen LogP contribution in [0.15, 0.2) is 0 Å². The molecule has 4 nitrogen and oxygen atoms in total. The van der Waals surface area contributed by atoms with Crippen molar-refractivity contribution in [3.05, 3.63) is 0 Å². The Hall–Kier alpha value is -1.06. The molecule has 1 fully saturated rings. The molecular weight excluding hydrogens is 168 g/mol. The highest BCUT2D eigenvalue weighted by atomic mass is 16.1. The van der Waals surface area contributed by atoms with Crippen molar-refractivity contribution >= 4 is 11.8 Å². The van der Waals surface area contributed by atoms with Crippen LogP contribution in [0, 0.1) is 11.8 Å². The minimum atomic E-state index is -0.335. The molecule has 2 unspecified atom stereocenters. The lowest BCUT2D eigenvalue weighted by Crippen LogP contribution is -2.34. The number of carbonyl (C=O) groups is 2. The van der Waals surface area contributed by atoms with Gasteiger partial charge in [-0.2, -0.15) is 0 Å². The average molecular weight is 184 g/mol. The Morgan fingerprint density at radius 3 is 2.31 bits per heavy atom. The Kier molecular flexibility index (Phi) is 3.28. The molecule has 1 aliphatic rings. The normalized spacial score (nSPS) is 28.3. The molecule has 1 saturated carbocycles. The molecule has 4 N–H and O–H groups in total. The monoisotopic (exact) mass is 184 g/mol. The van der Waals surface area contributed by atoms with Crippen LogP contribution in [0.3, 0.4) is 0 Å². The zero-order chi connectivity index (χ0) is 9.84. The average Bonchev–Trinajstić information content (AvgIpc) is 2.03. The van der Waals surface area contributed by atoms with E-state index in [-0.39, 0.29) is 23.7 Å². The summed E-state index contributed by atoms with van der Waals surface area (Å²) in [5.74, 6) is -0.672. The summed E-state index contributed by atoms with van der Waals surface area (Å²) in [6, 6.07) is 0. The zero-order valence-corrected chi connectivity index (χ0v) is 7.66. The lowest BCUT2D eigenvalue weighted by Gasteiger charge is -2.28. The van der Waals surface area contributed by atoms with Crippen LogP contribution in [0.25, 0.3) is 0 Å². The van der Waals surface area contributed by atoms with Gasteiger partial charge in [0, 0.05) is 12.3 Å². The predicted octanol–water partition coefficient (Wildman–Crippen LogP) is 0.153. The summed E-state index contributed by atoms with van der Waals surface area (Å²) in [5.41, 5.74) is 10.3. The zero-order valence-electron chi connectivity index (χ0n) is 7.66. The number of rotatable bonds is 3. The second-order valence-corrected chi connectivity index (χ2v) is 3.72. The molecule has 1 rings (SSSR count). The van der Waals surface area contributed by atoms with Gasteiger partial charge < -0.3 is 11.5 Å². The first-order valence-electron chi connectivity index (χ1n) is 4.69. The van der Waals surface area contributed by atoms with Gasteiger partial charge in [0.1, 0.15) is 0 Å². The Morgan fingerprint density at radius 2 is 1.77 bits per heavy atom. The molecule has 13 heavy (non-hydrogen) atoms. The van der Waals surface area contributed by atoms with E-state index in [2.05, 4.69) is 0 Å². The molecule has 0 saturated heterocycles. The molecule has 74 valence electrons. The predicted molar refractivity (Wildman–Crippen MR) is 48.5 cm³/mol. The molecule has 2 atom stereocenters. The van der Waals surface area contributed by atoms with Crippen LogP contribution in [0.4, 0.5) is 0 Å². The molecule has 1 aliphatic carbocycles. The van der Waals surface area contributed by atoms with E-state index in [1.807, 2.05) is 0 Å². The van der Waals surface area contributed by atoms with Crippen molar-refractivity contribution in [1.29, 1.82) is 0 Å². The van der Waals surface area contributed by atoms with Crippen molar-refractivity contribution in [3.8, 4) is 0 Å². The van der Waals surface area contributed by atoms with E-state index in [1.54, 1.807) is 0 Å². The SMILES string of the molecule is NC(=O)CC1CCCCC1C(N)=O. The highest BCUT2D eigenvalue weighted by Crippen LogP contribution is 2.31. The van der Waals surface area contributed by atoms with Gasteiger partial charge >= 0.3 is 0 Å². The van der Waals surface area contributed by atoms with Crippen molar-refractivity contribution in [2.24, 2.45) is 23.3 Å². The van der Waals surface area contributed by atoms with E-state index in [0.717, 1.165) is 25.7 Å². The van der Waals surface area contributed by atoms with Gasteiger partial charge in [0.25, 0.3) is 0 Å². The molecule has 0 heterocycles. The third-order valence-corrected chi connectivity index (χ3v) is 2.74. The summed E-state index contributed by atoms with van der Waals surface area (Å²) >= 11 is 0. The smallest absolute Gasteiger partial charge is 0.220 e. The standard InChI is InChI=1S/C9H16N2O2/c10-8(12)5-6-3-1-2-4-7(6)9(11)13/h6-7H,1-5H2,(H2,10,12)(H2,11,13). The second-order valence-electron chi connectivity index (χ2n) is 3.72. The molecular formula is C9H16N2O2. The third-order valence-electron chi connectivity index (χ3n) is 2.74. The summed E-state index contributed by atoms with van der Waals surface area (Å²) in [5, 5.41) is 0. The van der Waals surface area contributed by atoms with Crippen LogP contribution >= 0.6 is 0 Å². The number of carbonyl (C=O) groups excluding carboxylic acids is 2. The second kappa shape index (κ2) is 4.25. The fourth-order valence-electron chi connectivity index (χ4n) is 2.08. The lowest BCUT2D eigenvalue weighted by atomic mass is 9.77. The summed E-state index contributed by atoms with van der Waals surface area (Å²) in [4.78, 5) is 21.7. The molecule has 0 radical (unpaired) electrons. The highest BCUT2D eigenvalue weighted by Gasteiger charge is 2.30. The van der Waals surface area contributed by atoms with Gasteiger partial charge in [-0.25, -0.2) is 0 Å². The molecule has 0 aromatic rings. The van der Waals surface area contributed by atoms with Crippen LogP contribution in [-0.2, 0) is 9.59 Å². The molecule has 0 aliphatic heterocycles. The molecule has 0 bridgehead atoms. The fraction of sp³-hybridized carbons (Fsp3) is 0.778. The molecule has 0 aromatic heterocycles. The fourth-order valence-corrected chi connectivity index (χ4v) is 2.08. The van der Waals surface area contributed by atoms with Crippen LogP contribution in [0.2, 0.25) is 0 Å². The Labute approximate surface area is 77.7 Å². The largest absolute Gasteiger partial charge is 0.370 e. The molecule has 0 spiro atoms. The van der Waals surface area contributed by atoms with Crippen molar-refractivity contribution in [3.63, 3.8) is 0 Å². The van der Waals surface area contributed by atoms with E-state index in [1.165, 1.54) is 0 Å². The molecule has 0 aromatic carbocycles. The molecule has 2 amide bonds. The van der Waals surface area contributed by atoms with Crippen LogP contribution in [0.1, 0.15) is 32.1 Å². The summed E-state index contributed by atoms with van der Waals surface area (Å²) < 4.78 is 0. The van der Waals surface area contributed by atoms with Gasteiger partial charge in [-0.1, -0.05) is 12.8 Å². The first-order valence-corrected chi connectivity index (χ1v) is 4.69. The lowest BCUT2D eigenvalue weighted by molar-refractivity contribution is -0.126. The van der Waals surface area contributed by atoms with Crippen LogP contribution in [0.5, 0.6) is 0 Å². The van der Waals surface area contributed by atoms with Gasteiger partial charge in [-0.15, -0.1) is 0 Å². The molecule has 4 heteroatoms. The first kappa shape index (κ1) is 10.0.